The molecule has 1 N–H and O–H groups in total. The standard InChI is InChI=1S/C25H24N2O7/c28-21-12-11-20(23(30)26-21)27-24(31)18-10-9-17(14-19(18)25(27)32)33-13-5-4-8-22(29)34-15-16-6-2-1-3-7-16/h1-3,6-7,9-10,14,20H,4-5,8,11-13,15H2,(H,26,28,30). The maximum atomic E-state index is 12.8. The van der Waals surface area contributed by atoms with Gasteiger partial charge in [-0.1, -0.05) is 30.3 Å². The highest BCUT2D eigenvalue weighted by atomic mass is 16.5. The molecule has 176 valence electrons. The minimum absolute atomic E-state index is 0.0674. The summed E-state index contributed by atoms with van der Waals surface area (Å²) in [4.78, 5) is 61.8. The van der Waals surface area contributed by atoms with Crippen molar-refractivity contribution in [1.29, 1.82) is 0 Å². The molecule has 0 spiro atoms. The second-order valence-electron chi connectivity index (χ2n) is 8.11. The molecule has 1 saturated heterocycles. The molecular formula is C25H24N2O7. The molecule has 2 aliphatic rings. The van der Waals surface area contributed by atoms with Crippen molar-refractivity contribution in [1.82, 2.24) is 10.2 Å². The molecule has 0 saturated carbocycles. The van der Waals surface area contributed by atoms with Crippen LogP contribution in [0, 0.1) is 0 Å². The van der Waals surface area contributed by atoms with Crippen LogP contribution in [0.2, 0.25) is 0 Å². The average Bonchev–Trinajstić information content (AvgIpc) is 3.08. The van der Waals surface area contributed by atoms with Gasteiger partial charge in [0.15, 0.2) is 0 Å². The first kappa shape index (κ1) is 23.2. The Kier molecular flexibility index (Phi) is 7.01. The number of carbonyl (C=O) groups is 5. The highest BCUT2D eigenvalue weighted by Crippen LogP contribution is 2.30. The molecule has 34 heavy (non-hydrogen) atoms. The van der Waals surface area contributed by atoms with Crippen LogP contribution in [-0.2, 0) is 25.7 Å². The van der Waals surface area contributed by atoms with E-state index in [1.54, 1.807) is 6.07 Å². The highest BCUT2D eigenvalue weighted by molar-refractivity contribution is 6.23. The van der Waals surface area contributed by atoms with Gasteiger partial charge in [0.2, 0.25) is 11.8 Å². The second-order valence-corrected chi connectivity index (χ2v) is 8.11. The number of nitrogens with zero attached hydrogens (tertiary/aromatic N) is 1. The van der Waals surface area contributed by atoms with Crippen LogP contribution in [0.1, 0.15) is 58.4 Å². The quantitative estimate of drug-likeness (QED) is 0.344. The van der Waals surface area contributed by atoms with E-state index in [1.165, 1.54) is 12.1 Å². The number of piperidine rings is 1. The Hall–Kier alpha value is -4.01. The maximum absolute atomic E-state index is 12.8. The molecule has 1 unspecified atom stereocenters. The largest absolute Gasteiger partial charge is 0.494 e. The summed E-state index contributed by atoms with van der Waals surface area (Å²) in [7, 11) is 0. The van der Waals surface area contributed by atoms with Crippen LogP contribution in [0.3, 0.4) is 0 Å². The van der Waals surface area contributed by atoms with Crippen molar-refractivity contribution in [2.75, 3.05) is 6.61 Å². The van der Waals surface area contributed by atoms with Crippen molar-refractivity contribution in [3.63, 3.8) is 0 Å². The van der Waals surface area contributed by atoms with E-state index in [-0.39, 0.29) is 43.0 Å². The van der Waals surface area contributed by atoms with E-state index >= 15 is 0 Å². The zero-order valence-corrected chi connectivity index (χ0v) is 18.5. The molecule has 2 aromatic carbocycles. The molecule has 0 bridgehead atoms. The van der Waals surface area contributed by atoms with Crippen molar-refractivity contribution < 1.29 is 33.4 Å². The lowest BCUT2D eigenvalue weighted by Crippen LogP contribution is -2.54. The maximum Gasteiger partial charge on any atom is 0.306 e. The number of hydrogen-bond donors (Lipinski definition) is 1. The number of hydrogen-bond acceptors (Lipinski definition) is 7. The summed E-state index contributed by atoms with van der Waals surface area (Å²) in [5.41, 5.74) is 1.29. The van der Waals surface area contributed by atoms with Gasteiger partial charge in [-0.15, -0.1) is 0 Å². The number of esters is 1. The van der Waals surface area contributed by atoms with Gasteiger partial charge in [0, 0.05) is 12.8 Å². The highest BCUT2D eigenvalue weighted by Gasteiger charge is 2.44. The van der Waals surface area contributed by atoms with Crippen molar-refractivity contribution >= 4 is 29.6 Å². The van der Waals surface area contributed by atoms with E-state index in [1.807, 2.05) is 30.3 Å². The molecule has 0 aromatic heterocycles. The number of amides is 4. The number of fused-ring (bicyclic) bond motifs is 1. The Labute approximate surface area is 196 Å². The van der Waals surface area contributed by atoms with Gasteiger partial charge >= 0.3 is 5.97 Å². The Morgan fingerprint density at radius 1 is 0.971 bits per heavy atom. The summed E-state index contributed by atoms with van der Waals surface area (Å²) in [5.74, 6) is -2.07. The number of carbonyl (C=O) groups excluding carboxylic acids is 5. The van der Waals surface area contributed by atoms with E-state index < -0.39 is 29.7 Å². The Balaban J connectivity index is 1.24. The van der Waals surface area contributed by atoms with Crippen LogP contribution < -0.4 is 10.1 Å². The third-order valence-electron chi connectivity index (χ3n) is 5.70. The van der Waals surface area contributed by atoms with E-state index in [0.717, 1.165) is 10.5 Å². The molecule has 1 fully saturated rings. The van der Waals surface area contributed by atoms with Crippen molar-refractivity contribution in [3.8, 4) is 5.75 Å². The summed E-state index contributed by atoms with van der Waals surface area (Å²) in [5, 5.41) is 2.17. The molecule has 4 amide bonds. The molecule has 9 nitrogen and oxygen atoms in total. The van der Waals surface area contributed by atoms with Gasteiger partial charge < -0.3 is 9.47 Å². The number of rotatable bonds is 9. The Morgan fingerprint density at radius 3 is 2.50 bits per heavy atom. The van der Waals surface area contributed by atoms with E-state index in [0.29, 0.717) is 25.2 Å². The summed E-state index contributed by atoms with van der Waals surface area (Å²) in [6.07, 6.45) is 1.63. The molecular weight excluding hydrogens is 440 g/mol. The van der Waals surface area contributed by atoms with Gasteiger partial charge in [-0.2, -0.15) is 0 Å². The van der Waals surface area contributed by atoms with Crippen molar-refractivity contribution in [2.24, 2.45) is 0 Å². The molecule has 2 heterocycles. The minimum Gasteiger partial charge on any atom is -0.494 e. The summed E-state index contributed by atoms with van der Waals surface area (Å²) in [6.45, 7) is 0.567. The smallest absolute Gasteiger partial charge is 0.306 e. The van der Waals surface area contributed by atoms with E-state index in [4.69, 9.17) is 9.47 Å². The van der Waals surface area contributed by atoms with Gasteiger partial charge in [0.25, 0.3) is 11.8 Å². The lowest BCUT2D eigenvalue weighted by molar-refractivity contribution is -0.145. The molecule has 1 atom stereocenters. The molecule has 2 aromatic rings. The van der Waals surface area contributed by atoms with Gasteiger partial charge in [-0.05, 0) is 43.0 Å². The first-order valence-corrected chi connectivity index (χ1v) is 11.1. The van der Waals surface area contributed by atoms with Gasteiger partial charge in [-0.3, -0.25) is 34.2 Å². The topological polar surface area (TPSA) is 119 Å². The number of imide groups is 2. The molecule has 0 radical (unpaired) electrons. The number of nitrogens with one attached hydrogen (secondary N) is 1. The number of unbranched alkanes of at least 4 members (excludes halogenated alkanes) is 1. The van der Waals surface area contributed by atoms with Crippen LogP contribution in [-0.4, -0.2) is 47.1 Å². The van der Waals surface area contributed by atoms with Gasteiger partial charge in [0.05, 0.1) is 17.7 Å². The third kappa shape index (κ3) is 5.14. The van der Waals surface area contributed by atoms with Crippen molar-refractivity contribution in [2.45, 2.75) is 44.8 Å². The third-order valence-corrected chi connectivity index (χ3v) is 5.70. The van der Waals surface area contributed by atoms with E-state index in [2.05, 4.69) is 5.32 Å². The first-order chi connectivity index (χ1) is 16.4. The normalized spacial score (nSPS) is 17.4. The fourth-order valence-electron chi connectivity index (χ4n) is 3.91. The van der Waals surface area contributed by atoms with Crippen LogP contribution >= 0.6 is 0 Å². The van der Waals surface area contributed by atoms with Crippen LogP contribution in [0.4, 0.5) is 0 Å². The minimum atomic E-state index is -1.00. The summed E-state index contributed by atoms with van der Waals surface area (Å²) < 4.78 is 10.9. The Bertz CT molecular complexity index is 1130. The van der Waals surface area contributed by atoms with Crippen LogP contribution in [0.5, 0.6) is 5.75 Å². The summed E-state index contributed by atoms with van der Waals surface area (Å²) in [6, 6.07) is 13.0. The van der Waals surface area contributed by atoms with E-state index in [9.17, 15) is 24.0 Å². The predicted octanol–water partition coefficient (Wildman–Crippen LogP) is 2.38. The Morgan fingerprint density at radius 2 is 1.74 bits per heavy atom. The lowest BCUT2D eigenvalue weighted by atomic mass is 10.0. The monoisotopic (exact) mass is 464 g/mol. The van der Waals surface area contributed by atoms with Gasteiger partial charge in [-0.25, -0.2) is 0 Å². The zero-order valence-electron chi connectivity index (χ0n) is 18.5. The zero-order chi connectivity index (χ0) is 24.1. The molecule has 9 heteroatoms. The molecule has 0 aliphatic carbocycles. The second kappa shape index (κ2) is 10.3. The molecule has 4 rings (SSSR count). The van der Waals surface area contributed by atoms with Crippen LogP contribution in [0.15, 0.2) is 48.5 Å². The fourth-order valence-corrected chi connectivity index (χ4v) is 3.91. The average molecular weight is 464 g/mol. The fraction of sp³-hybridized carbons (Fsp3) is 0.320. The SMILES string of the molecule is O=C1CCC(N2C(=O)c3ccc(OCCCCC(=O)OCc4ccccc4)cc3C2=O)C(=O)N1. The molecule has 2 aliphatic heterocycles. The van der Waals surface area contributed by atoms with Crippen LogP contribution in [0.25, 0.3) is 0 Å². The predicted molar refractivity (Wildman–Crippen MR) is 119 cm³/mol. The first-order valence-electron chi connectivity index (χ1n) is 11.1. The summed E-state index contributed by atoms with van der Waals surface area (Å²) >= 11 is 0. The number of ether oxygens (including phenoxy) is 2. The lowest BCUT2D eigenvalue weighted by Gasteiger charge is -2.27. The van der Waals surface area contributed by atoms with Gasteiger partial charge in [0.1, 0.15) is 18.4 Å². The number of benzene rings is 2. The van der Waals surface area contributed by atoms with Crippen molar-refractivity contribution in [3.05, 3.63) is 65.2 Å².